The third kappa shape index (κ3) is 9.41. The summed E-state index contributed by atoms with van der Waals surface area (Å²) in [5.41, 5.74) is 2.03. The van der Waals surface area contributed by atoms with Crippen LogP contribution in [0.1, 0.15) is 90.1 Å². The number of amides is 2. The average Bonchev–Trinajstić information content (AvgIpc) is 3.01. The summed E-state index contributed by atoms with van der Waals surface area (Å²) in [6, 6.07) is 15.3. The Bertz CT molecular complexity index is 1000. The molecule has 4 unspecified atom stereocenters. The van der Waals surface area contributed by atoms with Gasteiger partial charge in [-0.2, -0.15) is 0 Å². The lowest BCUT2D eigenvalue weighted by Gasteiger charge is -2.46. The molecule has 4 atom stereocenters. The van der Waals surface area contributed by atoms with Gasteiger partial charge in [0.15, 0.2) is 0 Å². The quantitative estimate of drug-likeness (QED) is 0.343. The first kappa shape index (κ1) is 35.8. The predicted octanol–water partition coefficient (Wildman–Crippen LogP) is 8.26. The first-order chi connectivity index (χ1) is 19.4. The minimum absolute atomic E-state index is 0.144. The van der Waals surface area contributed by atoms with E-state index in [9.17, 15) is 9.59 Å². The first-order valence-electron chi connectivity index (χ1n) is 14.7. The molecular weight excluding hydrogens is 539 g/mol. The van der Waals surface area contributed by atoms with Crippen molar-refractivity contribution in [2.45, 2.75) is 96.8 Å². The topological polar surface area (TPSA) is 67.9 Å². The highest BCUT2D eigenvalue weighted by Gasteiger charge is 2.47. The van der Waals surface area contributed by atoms with Gasteiger partial charge < -0.3 is 19.7 Å². The van der Waals surface area contributed by atoms with Crippen LogP contribution in [0.2, 0.25) is 0 Å². The van der Waals surface area contributed by atoms with Crippen molar-refractivity contribution in [2.24, 2.45) is 0 Å². The molecule has 4 rings (SSSR count). The zero-order valence-electron chi connectivity index (χ0n) is 25.8. The molecule has 1 N–H and O–H groups in total. The number of carbonyl (C=O) groups excluding carboxylic acids is 2. The molecule has 0 aromatic heterocycles. The maximum absolute atomic E-state index is 13.7. The molecule has 2 aromatic carbocycles. The van der Waals surface area contributed by atoms with Crippen molar-refractivity contribution in [1.29, 1.82) is 0 Å². The number of urea groups is 1. The zero-order chi connectivity index (χ0) is 30.1. The minimum atomic E-state index is -0.602. The molecule has 1 saturated heterocycles. The van der Waals surface area contributed by atoms with Crippen molar-refractivity contribution >= 4 is 32.8 Å². The highest BCUT2D eigenvalue weighted by Crippen LogP contribution is 2.42. The Hall–Kier alpha value is -2.24. The van der Waals surface area contributed by atoms with Gasteiger partial charge in [0.25, 0.3) is 0 Å². The van der Waals surface area contributed by atoms with Gasteiger partial charge in [-0.25, -0.2) is 4.79 Å². The monoisotopic (exact) mass is 590 g/mol. The van der Waals surface area contributed by atoms with Crippen molar-refractivity contribution in [2.75, 3.05) is 20.0 Å². The van der Waals surface area contributed by atoms with Crippen molar-refractivity contribution in [3.63, 3.8) is 0 Å². The number of benzene rings is 2. The van der Waals surface area contributed by atoms with E-state index in [1.54, 1.807) is 26.0 Å². The van der Waals surface area contributed by atoms with Gasteiger partial charge in [-0.3, -0.25) is 4.79 Å². The van der Waals surface area contributed by atoms with E-state index in [1.165, 1.54) is 0 Å². The van der Waals surface area contributed by atoms with Crippen LogP contribution in [0.3, 0.4) is 0 Å². The van der Waals surface area contributed by atoms with Crippen LogP contribution in [0.25, 0.3) is 0 Å². The number of nitrogens with zero attached hydrogens (tertiary/aromatic N) is 1. The second-order valence-electron chi connectivity index (χ2n) is 8.92. The fraction of sp³-hybridized carbons (Fsp3) is 0.562. The predicted molar refractivity (Wildman–Crippen MR) is 174 cm³/mol. The Kier molecular flexibility index (Phi) is 17.0. The van der Waals surface area contributed by atoms with Crippen LogP contribution in [0.15, 0.2) is 48.5 Å². The molecule has 1 saturated carbocycles. The van der Waals surface area contributed by atoms with E-state index < -0.39 is 5.16 Å². The van der Waals surface area contributed by atoms with Crippen LogP contribution in [-0.2, 0) is 11.3 Å². The maximum atomic E-state index is 13.7. The van der Waals surface area contributed by atoms with E-state index in [0.29, 0.717) is 13.0 Å². The molecule has 1 aliphatic heterocycles. The lowest BCUT2D eigenvalue weighted by Crippen LogP contribution is -2.59. The molecule has 1 aliphatic carbocycles. The number of ketones is 1. The number of thioether (sulfide) groups is 1. The Morgan fingerprint density at radius 1 is 0.900 bits per heavy atom. The fourth-order valence-corrected chi connectivity index (χ4v) is 6.69. The average molecular weight is 591 g/mol. The van der Waals surface area contributed by atoms with Crippen LogP contribution in [0.5, 0.6) is 11.5 Å². The van der Waals surface area contributed by atoms with Crippen LogP contribution in [-0.4, -0.2) is 47.9 Å². The molecule has 2 aliphatic rings. The first-order valence-corrected chi connectivity index (χ1v) is 16.3. The smallest absolute Gasteiger partial charge is 0.319 e. The summed E-state index contributed by atoms with van der Waals surface area (Å²) >= 11 is 1.71. The number of ether oxygens (including phenoxy) is 2. The lowest BCUT2D eigenvalue weighted by molar-refractivity contribution is -0.124. The highest BCUT2D eigenvalue weighted by molar-refractivity contribution is 7.99. The molecule has 6 nitrogen and oxygen atoms in total. The normalized spacial score (nSPS) is 22.4. The summed E-state index contributed by atoms with van der Waals surface area (Å²) in [6.45, 7) is 12.4. The van der Waals surface area contributed by atoms with Crippen molar-refractivity contribution in [3.8, 4) is 11.5 Å². The molecule has 0 spiro atoms. The summed E-state index contributed by atoms with van der Waals surface area (Å²) in [6.07, 6.45) is 4.07. The molecule has 8 heteroatoms. The third-order valence-electron chi connectivity index (χ3n) is 6.86. The highest BCUT2D eigenvalue weighted by atomic mass is 32.2. The van der Waals surface area contributed by atoms with Gasteiger partial charge in [-0.15, -0.1) is 21.0 Å². The summed E-state index contributed by atoms with van der Waals surface area (Å²) in [7, 11) is 6.14. The Balaban J connectivity index is 0.00000125. The summed E-state index contributed by atoms with van der Waals surface area (Å²) < 4.78 is 10.6. The molecule has 40 heavy (non-hydrogen) atoms. The van der Waals surface area contributed by atoms with Gasteiger partial charge in [0.05, 0.1) is 25.4 Å². The van der Waals surface area contributed by atoms with E-state index in [-0.39, 0.29) is 23.2 Å². The van der Waals surface area contributed by atoms with E-state index in [0.717, 1.165) is 54.1 Å². The van der Waals surface area contributed by atoms with Crippen LogP contribution in [0.4, 0.5) is 4.79 Å². The van der Waals surface area contributed by atoms with Crippen LogP contribution in [0, 0.1) is 0 Å². The van der Waals surface area contributed by atoms with E-state index in [4.69, 9.17) is 9.47 Å². The Morgan fingerprint density at radius 3 is 1.98 bits per heavy atom. The number of Topliss-reactive ketones (excluding diaryl/α,β-unsaturated/α-hetero) is 1. The second-order valence-corrected chi connectivity index (χ2v) is 11.2. The number of nitrogens with one attached hydrogen (secondary N) is 1. The Morgan fingerprint density at radius 2 is 1.45 bits per heavy atom. The molecule has 224 valence electrons. The van der Waals surface area contributed by atoms with Crippen LogP contribution < -0.4 is 14.8 Å². The van der Waals surface area contributed by atoms with Crippen molar-refractivity contribution in [1.82, 2.24) is 10.2 Å². The third-order valence-corrected chi connectivity index (χ3v) is 9.05. The summed E-state index contributed by atoms with van der Waals surface area (Å²) in [5.74, 6) is 2.65. The Labute approximate surface area is 249 Å². The SMILES string of the molecule is CC.CC.CC.COc1ccc(CN2C(=O)NC(c3ccc(OC)cc3)SCCC2C2(P)CCCCC2=O)cc1. The summed E-state index contributed by atoms with van der Waals surface area (Å²) in [4.78, 5) is 28.8. The van der Waals surface area contributed by atoms with Crippen molar-refractivity contribution in [3.05, 3.63) is 59.7 Å². The number of carbonyl (C=O) groups is 2. The zero-order valence-corrected chi connectivity index (χ0v) is 27.8. The number of methoxy groups -OCH3 is 2. The van der Waals surface area contributed by atoms with Crippen LogP contribution >= 0.6 is 21.0 Å². The minimum Gasteiger partial charge on any atom is -0.497 e. The maximum Gasteiger partial charge on any atom is 0.319 e. The molecule has 0 bridgehead atoms. The number of rotatable bonds is 6. The van der Waals surface area contributed by atoms with Crippen molar-refractivity contribution < 1.29 is 19.1 Å². The van der Waals surface area contributed by atoms with E-state index in [1.807, 2.05) is 95.0 Å². The molecule has 2 amide bonds. The molecule has 2 fully saturated rings. The van der Waals surface area contributed by atoms with Gasteiger partial charge in [-0.05, 0) is 60.4 Å². The standard InChI is InChI=1S/C26H33N2O4PS.3C2H6/c1-31-20-10-6-18(7-11-20)17-28-22(26(33)15-4-3-5-23(26)29)14-16-34-24(27-25(28)30)19-8-12-21(32-2)13-9-19;3*1-2/h6-13,22,24H,3-5,14-17,33H2,1-2H3,(H,27,30);3*1-2H3. The van der Waals surface area contributed by atoms with E-state index in [2.05, 4.69) is 14.6 Å². The molecular formula is C32H51N2O4PS. The largest absolute Gasteiger partial charge is 0.497 e. The molecule has 0 radical (unpaired) electrons. The van der Waals surface area contributed by atoms with Gasteiger partial charge in [0, 0.05) is 13.0 Å². The van der Waals surface area contributed by atoms with E-state index >= 15 is 0 Å². The molecule has 1 heterocycles. The number of hydrogen-bond donors (Lipinski definition) is 1. The second kappa shape index (κ2) is 19.0. The van der Waals surface area contributed by atoms with Gasteiger partial charge in [-0.1, -0.05) is 72.2 Å². The fourth-order valence-electron chi connectivity index (χ4n) is 4.86. The summed E-state index contributed by atoms with van der Waals surface area (Å²) in [5, 5.41) is 2.46. The van der Waals surface area contributed by atoms with Gasteiger partial charge in [0.1, 0.15) is 22.7 Å². The van der Waals surface area contributed by atoms with Gasteiger partial charge in [0.2, 0.25) is 0 Å². The molecule has 2 aromatic rings. The number of hydrogen-bond acceptors (Lipinski definition) is 5. The lowest BCUT2D eigenvalue weighted by atomic mass is 9.79. The van der Waals surface area contributed by atoms with Gasteiger partial charge >= 0.3 is 6.03 Å².